The molecule has 10 nitrogen and oxygen atoms in total. The first-order valence-electron chi connectivity index (χ1n) is 30.9. The lowest BCUT2D eigenvalue weighted by atomic mass is 9.67. The molecule has 0 bridgehead atoms. The van der Waals surface area contributed by atoms with Crippen molar-refractivity contribution in [3.63, 3.8) is 0 Å². The van der Waals surface area contributed by atoms with Crippen molar-refractivity contribution >= 4 is 29.3 Å². The molecule has 0 aliphatic carbocycles. The monoisotopic (exact) mass is 1020 g/mol. The Kier molecular flexibility index (Phi) is 41.6. The van der Waals surface area contributed by atoms with Gasteiger partial charge in [-0.3, -0.25) is 19.2 Å². The van der Waals surface area contributed by atoms with Gasteiger partial charge in [0.1, 0.15) is 0 Å². The van der Waals surface area contributed by atoms with E-state index in [0.29, 0.717) is 38.5 Å². The van der Waals surface area contributed by atoms with Gasteiger partial charge in [-0.2, -0.15) is 0 Å². The molecule has 3 N–H and O–H groups in total. The molecular formula is C62H112O10. The van der Waals surface area contributed by atoms with Crippen LogP contribution in [0.15, 0.2) is 11.5 Å². The Bertz CT molecular complexity index is 1400. The highest BCUT2D eigenvalue weighted by Gasteiger charge is 2.73. The van der Waals surface area contributed by atoms with E-state index in [0.717, 1.165) is 103 Å². The average Bonchev–Trinajstić information content (AvgIpc) is 3.63. The van der Waals surface area contributed by atoms with Gasteiger partial charge >= 0.3 is 11.9 Å². The van der Waals surface area contributed by atoms with Gasteiger partial charge in [0.15, 0.2) is 23.1 Å². The predicted octanol–water partition coefficient (Wildman–Crippen LogP) is 17.8. The molecule has 0 fully saturated rings. The van der Waals surface area contributed by atoms with Crippen molar-refractivity contribution in [1.82, 2.24) is 0 Å². The van der Waals surface area contributed by atoms with Crippen molar-refractivity contribution in [2.45, 2.75) is 353 Å². The second-order valence-corrected chi connectivity index (χ2v) is 21.9. The van der Waals surface area contributed by atoms with Crippen molar-refractivity contribution < 1.29 is 48.8 Å². The molecule has 0 saturated carbocycles. The van der Waals surface area contributed by atoms with E-state index >= 15 is 9.59 Å². The Morgan fingerprint density at radius 2 is 0.625 bits per heavy atom. The van der Waals surface area contributed by atoms with Gasteiger partial charge in [0.2, 0.25) is 17.5 Å². The lowest BCUT2D eigenvalue weighted by molar-refractivity contribution is -0.219. The SMILES string of the molecule is CCCCCCCCCCCCCC(=O)OC(C(=O)CCCCCCCCCCCCC)(C(=O)CCCCCCCCCCCCC)[C@@](O)(C(=O)CCCCCCCCCCCCC)[C@H]1OC(=O)C(O)=C1O. The summed E-state index contributed by atoms with van der Waals surface area (Å²) >= 11 is 0. The first-order valence-corrected chi connectivity index (χ1v) is 30.9. The molecule has 0 unspecified atom stereocenters. The lowest BCUT2D eigenvalue weighted by Crippen LogP contribution is -2.74. The molecule has 0 aromatic rings. The van der Waals surface area contributed by atoms with Crippen molar-refractivity contribution in [3.05, 3.63) is 11.5 Å². The number of hydrogen-bond acceptors (Lipinski definition) is 10. The fourth-order valence-corrected chi connectivity index (χ4v) is 10.6. The number of Topliss-reactive ketones (excluding diaryl/α,β-unsaturated/α-hetero) is 3. The van der Waals surface area contributed by atoms with Crippen LogP contribution in [0, 0.1) is 0 Å². The predicted molar refractivity (Wildman–Crippen MR) is 295 cm³/mol. The van der Waals surface area contributed by atoms with Crippen LogP contribution in [0.2, 0.25) is 0 Å². The maximum absolute atomic E-state index is 15.2. The number of cyclic esters (lactones) is 1. The van der Waals surface area contributed by atoms with Crippen molar-refractivity contribution in [2.24, 2.45) is 0 Å². The lowest BCUT2D eigenvalue weighted by Gasteiger charge is -2.45. The minimum Gasteiger partial charge on any atom is -0.505 e. The maximum Gasteiger partial charge on any atom is 0.378 e. The highest BCUT2D eigenvalue weighted by molar-refractivity contribution is 6.18. The van der Waals surface area contributed by atoms with Gasteiger partial charge in [-0.1, -0.05) is 285 Å². The summed E-state index contributed by atoms with van der Waals surface area (Å²) in [6.45, 7) is 8.84. The van der Waals surface area contributed by atoms with Gasteiger partial charge in [-0.25, -0.2) is 4.79 Å². The first-order chi connectivity index (χ1) is 35.0. The zero-order chi connectivity index (χ0) is 53.0. The standard InChI is InChI=1S/C62H112O10/c1-5-9-13-17-21-25-29-33-37-41-45-49-53(63)61(70,59-57(67)58(68)60(69)71-59)62(54(64)50-46-42-38-34-30-26-22-18-14-10-6-2,55(65)51-47-43-39-35-31-27-23-19-15-11-7-3)72-56(66)52-48-44-40-36-32-28-24-20-16-12-8-4/h59,67-68,70H,5-52H2,1-4H3/t59-,61+/m0/s1. The third-order valence-electron chi connectivity index (χ3n) is 15.3. The Morgan fingerprint density at radius 3 is 0.875 bits per heavy atom. The highest BCUT2D eigenvalue weighted by Crippen LogP contribution is 2.43. The van der Waals surface area contributed by atoms with Crippen LogP contribution in [0.25, 0.3) is 0 Å². The van der Waals surface area contributed by atoms with Gasteiger partial charge in [0.05, 0.1) is 0 Å². The number of aliphatic hydroxyl groups is 3. The number of carbonyl (C=O) groups is 5. The molecule has 1 aliphatic heterocycles. The van der Waals surface area contributed by atoms with E-state index in [1.807, 2.05) is 0 Å². The average molecular weight is 1020 g/mol. The summed E-state index contributed by atoms with van der Waals surface area (Å²) < 4.78 is 11.5. The van der Waals surface area contributed by atoms with Crippen LogP contribution in [-0.4, -0.2) is 61.9 Å². The molecule has 2 atom stereocenters. The molecular weight excluding hydrogens is 905 g/mol. The molecule has 0 spiro atoms. The zero-order valence-electron chi connectivity index (χ0n) is 47.2. The largest absolute Gasteiger partial charge is 0.505 e. The van der Waals surface area contributed by atoms with Crippen molar-refractivity contribution in [1.29, 1.82) is 0 Å². The van der Waals surface area contributed by atoms with Crippen LogP contribution in [0.4, 0.5) is 0 Å². The van der Waals surface area contributed by atoms with Crippen LogP contribution in [0.3, 0.4) is 0 Å². The summed E-state index contributed by atoms with van der Waals surface area (Å²) in [5.41, 5.74) is -6.44. The van der Waals surface area contributed by atoms with Gasteiger partial charge < -0.3 is 24.8 Å². The van der Waals surface area contributed by atoms with Gasteiger partial charge in [0.25, 0.3) is 5.60 Å². The van der Waals surface area contributed by atoms with Crippen molar-refractivity contribution in [2.75, 3.05) is 0 Å². The van der Waals surface area contributed by atoms with Crippen LogP contribution in [-0.2, 0) is 33.4 Å². The Hall–Kier alpha value is -2.75. The molecule has 0 radical (unpaired) electrons. The fraction of sp³-hybridized carbons (Fsp3) is 0.887. The first kappa shape index (κ1) is 67.3. The minimum absolute atomic E-state index is 0.156. The van der Waals surface area contributed by atoms with E-state index in [1.165, 1.54) is 135 Å². The number of hydrogen-bond donors (Lipinski definition) is 3. The second kappa shape index (κ2) is 44.5. The third-order valence-corrected chi connectivity index (χ3v) is 15.3. The van der Waals surface area contributed by atoms with E-state index in [9.17, 15) is 29.7 Å². The summed E-state index contributed by atoms with van der Waals surface area (Å²) in [6.07, 6.45) is 41.6. The Morgan fingerprint density at radius 1 is 0.389 bits per heavy atom. The number of aliphatic hydroxyl groups excluding tert-OH is 2. The summed E-state index contributed by atoms with van der Waals surface area (Å²) in [7, 11) is 0. The smallest absolute Gasteiger partial charge is 0.378 e. The van der Waals surface area contributed by atoms with E-state index in [2.05, 4.69) is 27.7 Å². The molecule has 0 aromatic heterocycles. The number of esters is 2. The number of ether oxygens (including phenoxy) is 2. The zero-order valence-corrected chi connectivity index (χ0v) is 47.2. The fourth-order valence-electron chi connectivity index (χ4n) is 10.6. The molecule has 0 amide bonds. The summed E-state index contributed by atoms with van der Waals surface area (Å²) in [5.74, 6) is -7.63. The summed E-state index contributed by atoms with van der Waals surface area (Å²) in [4.78, 5) is 72.5. The minimum atomic E-state index is -3.33. The van der Waals surface area contributed by atoms with E-state index in [-0.39, 0.29) is 32.1 Å². The quantitative estimate of drug-likeness (QED) is 0.0303. The van der Waals surface area contributed by atoms with Crippen LogP contribution < -0.4 is 0 Å². The highest BCUT2D eigenvalue weighted by atomic mass is 16.6. The third kappa shape index (κ3) is 27.7. The Labute approximate surface area is 441 Å². The molecule has 1 aliphatic rings. The van der Waals surface area contributed by atoms with E-state index in [4.69, 9.17) is 9.47 Å². The topological polar surface area (TPSA) is 164 Å². The number of ketones is 3. The number of carbonyl (C=O) groups excluding carboxylic acids is 5. The van der Waals surface area contributed by atoms with E-state index in [1.54, 1.807) is 0 Å². The van der Waals surface area contributed by atoms with Crippen LogP contribution in [0.1, 0.15) is 336 Å². The van der Waals surface area contributed by atoms with Gasteiger partial charge in [-0.15, -0.1) is 0 Å². The second-order valence-electron chi connectivity index (χ2n) is 21.9. The molecule has 0 aromatic carbocycles. The molecule has 10 heteroatoms. The van der Waals surface area contributed by atoms with Crippen LogP contribution in [0.5, 0.6) is 0 Å². The van der Waals surface area contributed by atoms with Crippen molar-refractivity contribution in [3.8, 4) is 0 Å². The van der Waals surface area contributed by atoms with Gasteiger partial charge in [0, 0.05) is 25.7 Å². The maximum atomic E-state index is 15.2. The summed E-state index contributed by atoms with van der Waals surface area (Å²) in [6, 6.07) is 0. The number of unbranched alkanes of at least 4 members (excludes halogenated alkanes) is 40. The molecule has 420 valence electrons. The molecule has 1 heterocycles. The number of rotatable bonds is 54. The summed E-state index contributed by atoms with van der Waals surface area (Å²) in [5, 5.41) is 35.2. The van der Waals surface area contributed by atoms with Gasteiger partial charge in [-0.05, 0) is 25.7 Å². The Balaban J connectivity index is 3.47. The molecule has 72 heavy (non-hydrogen) atoms. The molecule has 1 rings (SSSR count). The molecule has 0 saturated heterocycles. The normalized spacial score (nSPS) is 14.7. The van der Waals surface area contributed by atoms with E-state index < -0.39 is 58.1 Å². The van der Waals surface area contributed by atoms with Crippen LogP contribution >= 0.6 is 0 Å².